The number of nitro groups is 1. The number of benzene rings is 1. The van der Waals surface area contributed by atoms with E-state index in [4.69, 9.17) is 0 Å². The minimum Gasteiger partial charge on any atom is -0.380 e. The van der Waals surface area contributed by atoms with E-state index in [1.807, 2.05) is 6.92 Å². The molecule has 7 heteroatoms. The molecular formula is C14H19N3O3S. The summed E-state index contributed by atoms with van der Waals surface area (Å²) < 4.78 is 0. The second-order valence-electron chi connectivity index (χ2n) is 4.92. The lowest BCUT2D eigenvalue weighted by Crippen LogP contribution is -2.37. The van der Waals surface area contributed by atoms with Crippen molar-refractivity contribution in [1.82, 2.24) is 4.90 Å². The summed E-state index contributed by atoms with van der Waals surface area (Å²) in [5.74, 6) is 1.64. The smallest absolute Gasteiger partial charge is 0.305 e. The first-order valence-corrected chi connectivity index (χ1v) is 8.08. The number of hydrogen-bond donors (Lipinski definition) is 1. The number of amides is 1. The molecule has 1 aliphatic rings. The van der Waals surface area contributed by atoms with Gasteiger partial charge in [0.2, 0.25) is 0 Å². The van der Waals surface area contributed by atoms with Crippen molar-refractivity contribution in [3.8, 4) is 0 Å². The van der Waals surface area contributed by atoms with E-state index < -0.39 is 4.92 Å². The number of carbonyl (C=O) groups excluding carboxylic acids is 1. The average Bonchev–Trinajstić information content (AvgIpc) is 2.99. The average molecular weight is 309 g/mol. The Labute approximate surface area is 128 Å². The molecule has 6 nitrogen and oxygen atoms in total. The van der Waals surface area contributed by atoms with Crippen LogP contribution in [0.3, 0.4) is 0 Å². The van der Waals surface area contributed by atoms with Crippen LogP contribution in [-0.2, 0) is 0 Å². The Bertz CT molecular complexity index is 544. The van der Waals surface area contributed by atoms with E-state index >= 15 is 0 Å². The van der Waals surface area contributed by atoms with E-state index in [0.29, 0.717) is 12.2 Å². The van der Waals surface area contributed by atoms with Crippen LogP contribution in [0.1, 0.15) is 23.7 Å². The lowest BCUT2D eigenvalue weighted by molar-refractivity contribution is -0.384. The maximum Gasteiger partial charge on any atom is 0.305 e. The van der Waals surface area contributed by atoms with Crippen LogP contribution in [0.15, 0.2) is 18.2 Å². The van der Waals surface area contributed by atoms with E-state index in [0.717, 1.165) is 17.9 Å². The summed E-state index contributed by atoms with van der Waals surface area (Å²) in [6, 6.07) is 4.99. The first-order valence-electron chi connectivity index (χ1n) is 6.92. The van der Waals surface area contributed by atoms with Crippen LogP contribution >= 0.6 is 11.8 Å². The molecule has 0 saturated carbocycles. The molecule has 1 heterocycles. The second-order valence-corrected chi connectivity index (χ2v) is 6.07. The molecule has 1 fully saturated rings. The van der Waals surface area contributed by atoms with E-state index in [1.54, 1.807) is 35.8 Å². The maximum atomic E-state index is 12.6. The van der Waals surface area contributed by atoms with Gasteiger partial charge in [0.05, 0.1) is 4.92 Å². The van der Waals surface area contributed by atoms with Gasteiger partial charge in [-0.1, -0.05) is 6.07 Å². The molecule has 0 aliphatic carbocycles. The topological polar surface area (TPSA) is 75.5 Å². The van der Waals surface area contributed by atoms with E-state index in [2.05, 4.69) is 5.32 Å². The molecule has 0 bridgehead atoms. The van der Waals surface area contributed by atoms with Gasteiger partial charge < -0.3 is 10.2 Å². The highest BCUT2D eigenvalue weighted by Gasteiger charge is 2.30. The molecular weight excluding hydrogens is 290 g/mol. The number of thioether (sulfide) groups is 1. The number of anilines is 1. The summed E-state index contributed by atoms with van der Waals surface area (Å²) in [4.78, 5) is 25.1. The third kappa shape index (κ3) is 3.29. The second kappa shape index (κ2) is 6.80. The largest absolute Gasteiger partial charge is 0.380 e. The van der Waals surface area contributed by atoms with E-state index in [-0.39, 0.29) is 23.2 Å². The van der Waals surface area contributed by atoms with Gasteiger partial charge >= 0.3 is 5.69 Å². The van der Waals surface area contributed by atoms with Gasteiger partial charge in [-0.2, -0.15) is 11.8 Å². The van der Waals surface area contributed by atoms with Gasteiger partial charge in [0.15, 0.2) is 0 Å². The summed E-state index contributed by atoms with van der Waals surface area (Å²) >= 11 is 1.80. The minimum atomic E-state index is -0.484. The number of hydrogen-bond acceptors (Lipinski definition) is 5. The van der Waals surface area contributed by atoms with Crippen molar-refractivity contribution < 1.29 is 9.72 Å². The molecule has 1 amide bonds. The number of rotatable bonds is 5. The summed E-state index contributed by atoms with van der Waals surface area (Å²) in [7, 11) is 1.72. The predicted molar refractivity (Wildman–Crippen MR) is 85.1 cm³/mol. The van der Waals surface area contributed by atoms with Gasteiger partial charge in [0.25, 0.3) is 5.91 Å². The van der Waals surface area contributed by atoms with Crippen LogP contribution in [0.25, 0.3) is 0 Å². The normalized spacial score (nSPS) is 17.5. The Morgan fingerprint density at radius 3 is 2.90 bits per heavy atom. The van der Waals surface area contributed by atoms with Crippen LogP contribution < -0.4 is 5.32 Å². The standard InChI is InChI=1S/C14H19N3O3S/c1-3-15-12-6-4-5-11(13(12)17(19)20)14(18)16(2)10-7-8-21-9-10/h4-6,10,15H,3,7-9H2,1-2H3. The van der Waals surface area contributed by atoms with Gasteiger partial charge in [-0.05, 0) is 31.2 Å². The summed E-state index contributed by atoms with van der Waals surface area (Å²) in [5.41, 5.74) is 0.405. The van der Waals surface area contributed by atoms with Crippen molar-refractivity contribution in [3.05, 3.63) is 33.9 Å². The summed E-state index contributed by atoms with van der Waals surface area (Å²) in [5, 5.41) is 14.3. The zero-order valence-corrected chi connectivity index (χ0v) is 13.0. The Kier molecular flexibility index (Phi) is 5.06. The SMILES string of the molecule is CCNc1cccc(C(=O)N(C)C2CCSC2)c1[N+](=O)[O-]. The fourth-order valence-corrected chi connectivity index (χ4v) is 3.70. The molecule has 1 aromatic rings. The lowest BCUT2D eigenvalue weighted by Gasteiger charge is -2.24. The van der Waals surface area contributed by atoms with E-state index in [1.165, 1.54) is 6.07 Å². The first-order chi connectivity index (χ1) is 10.1. The van der Waals surface area contributed by atoms with Crippen molar-refractivity contribution in [1.29, 1.82) is 0 Å². The zero-order chi connectivity index (χ0) is 15.4. The summed E-state index contributed by atoms with van der Waals surface area (Å²) in [6.07, 6.45) is 0.938. The van der Waals surface area contributed by atoms with Crippen molar-refractivity contribution in [3.63, 3.8) is 0 Å². The molecule has 0 aromatic heterocycles. The van der Waals surface area contributed by atoms with Crippen LogP contribution in [0.5, 0.6) is 0 Å². The van der Waals surface area contributed by atoms with Crippen molar-refractivity contribution >= 4 is 29.0 Å². The number of carbonyl (C=O) groups is 1. The Morgan fingerprint density at radius 2 is 2.33 bits per heavy atom. The molecule has 21 heavy (non-hydrogen) atoms. The van der Waals surface area contributed by atoms with Gasteiger partial charge in [-0.3, -0.25) is 14.9 Å². The van der Waals surface area contributed by atoms with Crippen LogP contribution in [-0.4, -0.2) is 46.9 Å². The monoisotopic (exact) mass is 309 g/mol. The van der Waals surface area contributed by atoms with Crippen molar-refractivity contribution in [2.45, 2.75) is 19.4 Å². The molecule has 2 rings (SSSR count). The maximum absolute atomic E-state index is 12.6. The molecule has 0 radical (unpaired) electrons. The first kappa shape index (κ1) is 15.6. The number of nitrogens with one attached hydrogen (secondary N) is 1. The molecule has 1 unspecified atom stereocenters. The third-order valence-electron chi connectivity index (χ3n) is 3.59. The van der Waals surface area contributed by atoms with Crippen LogP contribution in [0.4, 0.5) is 11.4 Å². The molecule has 1 aromatic carbocycles. The molecule has 1 atom stereocenters. The van der Waals surface area contributed by atoms with Gasteiger partial charge in [-0.15, -0.1) is 0 Å². The highest BCUT2D eigenvalue weighted by molar-refractivity contribution is 7.99. The van der Waals surface area contributed by atoms with E-state index in [9.17, 15) is 14.9 Å². The number of nitrogens with zero attached hydrogens (tertiary/aromatic N) is 2. The highest BCUT2D eigenvalue weighted by atomic mass is 32.2. The fourth-order valence-electron chi connectivity index (χ4n) is 2.43. The Hall–Kier alpha value is -1.76. The fraction of sp³-hybridized carbons (Fsp3) is 0.500. The van der Waals surface area contributed by atoms with Gasteiger partial charge in [0.1, 0.15) is 11.3 Å². The molecule has 1 aliphatic heterocycles. The number of nitro benzene ring substituents is 1. The van der Waals surface area contributed by atoms with Crippen LogP contribution in [0, 0.1) is 10.1 Å². The molecule has 1 saturated heterocycles. The minimum absolute atomic E-state index is 0.137. The Balaban J connectivity index is 2.35. The zero-order valence-electron chi connectivity index (χ0n) is 12.2. The molecule has 0 spiro atoms. The highest BCUT2D eigenvalue weighted by Crippen LogP contribution is 2.31. The van der Waals surface area contributed by atoms with Crippen LogP contribution in [0.2, 0.25) is 0 Å². The van der Waals surface area contributed by atoms with Gasteiger partial charge in [0, 0.05) is 25.4 Å². The van der Waals surface area contributed by atoms with Gasteiger partial charge in [-0.25, -0.2) is 0 Å². The summed E-state index contributed by atoms with van der Waals surface area (Å²) in [6.45, 7) is 2.42. The van der Waals surface area contributed by atoms with Crippen molar-refractivity contribution in [2.24, 2.45) is 0 Å². The molecule has 114 valence electrons. The molecule has 1 N–H and O–H groups in total. The predicted octanol–water partition coefficient (Wildman–Crippen LogP) is 2.60. The third-order valence-corrected chi connectivity index (χ3v) is 4.73. The Morgan fingerprint density at radius 1 is 1.57 bits per heavy atom. The quantitative estimate of drug-likeness (QED) is 0.668. The number of para-hydroxylation sites is 1. The lowest BCUT2D eigenvalue weighted by atomic mass is 10.1. The van der Waals surface area contributed by atoms with Crippen molar-refractivity contribution in [2.75, 3.05) is 30.4 Å².